The van der Waals surface area contributed by atoms with Crippen LogP contribution in [0.15, 0.2) is 73.1 Å². The third-order valence-electron chi connectivity index (χ3n) is 6.31. The van der Waals surface area contributed by atoms with Gasteiger partial charge in [-0.1, -0.05) is 18.2 Å². The van der Waals surface area contributed by atoms with Gasteiger partial charge in [-0.05, 0) is 73.9 Å². The average molecular weight is 469 g/mol. The van der Waals surface area contributed by atoms with E-state index >= 15 is 0 Å². The van der Waals surface area contributed by atoms with Crippen LogP contribution in [0.5, 0.6) is 0 Å². The summed E-state index contributed by atoms with van der Waals surface area (Å²) in [4.78, 5) is 19.3. The first-order chi connectivity index (χ1) is 17.1. The Hall–Kier alpha value is -3.97. The normalized spacial score (nSPS) is 18.1. The van der Waals surface area contributed by atoms with Crippen LogP contribution in [0, 0.1) is 12.8 Å². The molecule has 7 heteroatoms. The molecule has 7 nitrogen and oxygen atoms in total. The summed E-state index contributed by atoms with van der Waals surface area (Å²) in [5, 5.41) is 8.23. The first kappa shape index (κ1) is 22.8. The molecule has 5 rings (SSSR count). The molecule has 2 aromatic carbocycles. The highest BCUT2D eigenvalue weighted by Gasteiger charge is 2.33. The van der Waals surface area contributed by atoms with E-state index < -0.39 is 0 Å². The number of anilines is 2. The van der Waals surface area contributed by atoms with Gasteiger partial charge in [-0.2, -0.15) is 5.10 Å². The van der Waals surface area contributed by atoms with Crippen LogP contribution < -0.4 is 4.90 Å². The molecule has 4 aromatic rings. The second kappa shape index (κ2) is 10.1. The fourth-order valence-corrected chi connectivity index (χ4v) is 4.58. The van der Waals surface area contributed by atoms with Gasteiger partial charge >= 0.3 is 5.97 Å². The van der Waals surface area contributed by atoms with Crippen molar-refractivity contribution in [1.29, 1.82) is 0 Å². The van der Waals surface area contributed by atoms with Crippen molar-refractivity contribution in [2.75, 3.05) is 18.6 Å². The van der Waals surface area contributed by atoms with Gasteiger partial charge in [0.05, 0.1) is 35.8 Å². The van der Waals surface area contributed by atoms with Crippen molar-refractivity contribution in [2.45, 2.75) is 26.0 Å². The summed E-state index contributed by atoms with van der Waals surface area (Å²) >= 11 is 0. The first-order valence-electron chi connectivity index (χ1n) is 11.8. The van der Waals surface area contributed by atoms with E-state index in [0.29, 0.717) is 12.2 Å². The minimum atomic E-state index is -0.389. The van der Waals surface area contributed by atoms with Crippen LogP contribution in [0.25, 0.3) is 17.0 Å². The van der Waals surface area contributed by atoms with Gasteiger partial charge in [0.1, 0.15) is 6.23 Å². The Labute approximate surface area is 204 Å². The molecule has 0 saturated carbocycles. The number of nitrogens with one attached hydrogen (secondary N) is 1. The molecule has 0 aliphatic carbocycles. The lowest BCUT2D eigenvalue weighted by Crippen LogP contribution is -2.42. The van der Waals surface area contributed by atoms with Crippen molar-refractivity contribution in [3.8, 4) is 0 Å². The van der Waals surface area contributed by atoms with Gasteiger partial charge in [-0.3, -0.25) is 10.1 Å². The number of pyridine rings is 1. The second-order valence-corrected chi connectivity index (χ2v) is 8.70. The Kier molecular flexibility index (Phi) is 6.59. The molecule has 0 spiro atoms. The third kappa shape index (κ3) is 4.81. The number of nitrogens with zero attached hydrogens (tertiary/aromatic N) is 3. The van der Waals surface area contributed by atoms with E-state index in [1.807, 2.05) is 48.7 Å². The van der Waals surface area contributed by atoms with Crippen molar-refractivity contribution in [1.82, 2.24) is 15.2 Å². The van der Waals surface area contributed by atoms with Crippen LogP contribution in [0.1, 0.15) is 34.5 Å². The van der Waals surface area contributed by atoms with Crippen molar-refractivity contribution in [3.05, 3.63) is 89.9 Å². The van der Waals surface area contributed by atoms with Crippen LogP contribution in [-0.4, -0.2) is 41.1 Å². The molecule has 35 heavy (non-hydrogen) atoms. The number of aromatic nitrogens is 3. The molecule has 0 amide bonds. The van der Waals surface area contributed by atoms with Crippen LogP contribution in [0.4, 0.5) is 11.4 Å². The Balaban J connectivity index is 1.60. The molecule has 0 bridgehead atoms. The second-order valence-electron chi connectivity index (χ2n) is 8.70. The van der Waals surface area contributed by atoms with E-state index in [9.17, 15) is 4.79 Å². The van der Waals surface area contributed by atoms with Gasteiger partial charge in [0.25, 0.3) is 0 Å². The monoisotopic (exact) mass is 468 g/mol. The smallest absolute Gasteiger partial charge is 0.339 e. The number of rotatable bonds is 6. The number of hydrogen-bond donors (Lipinski definition) is 1. The summed E-state index contributed by atoms with van der Waals surface area (Å²) in [7, 11) is 1.40. The molecule has 178 valence electrons. The Morgan fingerprint density at radius 3 is 2.94 bits per heavy atom. The number of H-pyrrole nitrogens is 1. The number of hydrogen-bond acceptors (Lipinski definition) is 6. The van der Waals surface area contributed by atoms with Gasteiger partial charge in [0.2, 0.25) is 0 Å². The molecule has 2 unspecified atom stereocenters. The summed E-state index contributed by atoms with van der Waals surface area (Å²) in [5.41, 5.74) is 5.11. The molecule has 1 aliphatic rings. The first-order valence-corrected chi connectivity index (χ1v) is 11.8. The van der Waals surface area contributed by atoms with Crippen molar-refractivity contribution in [2.24, 2.45) is 5.92 Å². The number of benzene rings is 2. The number of para-hydroxylation sites is 1. The Bertz CT molecular complexity index is 1360. The van der Waals surface area contributed by atoms with E-state index in [1.165, 1.54) is 7.11 Å². The number of carbonyl (C=O) groups excluding carboxylic acids is 1. The maximum atomic E-state index is 12.7. The minimum absolute atomic E-state index is 0.0780. The number of methoxy groups -OCH3 is 1. The molecule has 1 N–H and O–H groups in total. The largest absolute Gasteiger partial charge is 0.465 e. The number of carbonyl (C=O) groups is 1. The average Bonchev–Trinajstić information content (AvgIpc) is 3.36. The van der Waals surface area contributed by atoms with Gasteiger partial charge in [-0.15, -0.1) is 0 Å². The van der Waals surface area contributed by atoms with Gasteiger partial charge in [0.15, 0.2) is 0 Å². The van der Waals surface area contributed by atoms with E-state index in [4.69, 9.17) is 9.47 Å². The number of fused-ring (bicyclic) bond motifs is 1. The maximum Gasteiger partial charge on any atom is 0.339 e. The SMILES string of the molecule is COC(=O)c1ccccc1N(c1ccc2cn[nH]c2c1)C1OCCCC1C=Cc1cc(C)ccn1. The molecular formula is C28H28N4O3. The zero-order chi connectivity index (χ0) is 24.2. The molecule has 1 saturated heterocycles. The molecule has 1 aliphatic heterocycles. The highest BCUT2D eigenvalue weighted by molar-refractivity contribution is 5.97. The quantitative estimate of drug-likeness (QED) is 0.368. The third-order valence-corrected chi connectivity index (χ3v) is 6.31. The molecule has 3 heterocycles. The minimum Gasteiger partial charge on any atom is -0.465 e. The van der Waals surface area contributed by atoms with Crippen LogP contribution in [-0.2, 0) is 9.47 Å². The molecule has 2 aromatic heterocycles. The Morgan fingerprint density at radius 1 is 1.20 bits per heavy atom. The summed E-state index contributed by atoms with van der Waals surface area (Å²) in [6.07, 6.45) is 9.44. The zero-order valence-electron chi connectivity index (χ0n) is 19.8. The molecule has 0 radical (unpaired) electrons. The summed E-state index contributed by atoms with van der Waals surface area (Å²) in [6.45, 7) is 2.70. The number of aryl methyl sites for hydroxylation is 1. The lowest BCUT2D eigenvalue weighted by Gasteiger charge is -2.40. The van der Waals surface area contributed by atoms with Crippen LogP contribution in [0.3, 0.4) is 0 Å². The van der Waals surface area contributed by atoms with E-state index in [-0.39, 0.29) is 18.1 Å². The zero-order valence-corrected chi connectivity index (χ0v) is 19.8. The van der Waals surface area contributed by atoms with Crippen LogP contribution in [0.2, 0.25) is 0 Å². The van der Waals surface area contributed by atoms with Gasteiger partial charge in [0, 0.05) is 29.8 Å². The maximum absolute atomic E-state index is 12.7. The number of ether oxygens (including phenoxy) is 2. The lowest BCUT2D eigenvalue weighted by atomic mass is 9.95. The van der Waals surface area contributed by atoms with E-state index in [0.717, 1.165) is 46.4 Å². The summed E-state index contributed by atoms with van der Waals surface area (Å²) in [6, 6.07) is 17.6. The van der Waals surface area contributed by atoms with E-state index in [1.54, 1.807) is 12.3 Å². The van der Waals surface area contributed by atoms with Crippen LogP contribution >= 0.6 is 0 Å². The van der Waals surface area contributed by atoms with Crippen molar-refractivity contribution >= 4 is 34.3 Å². The van der Waals surface area contributed by atoms with Crippen molar-refractivity contribution in [3.63, 3.8) is 0 Å². The van der Waals surface area contributed by atoms with E-state index in [2.05, 4.69) is 45.2 Å². The summed E-state index contributed by atoms with van der Waals surface area (Å²) < 4.78 is 11.5. The summed E-state index contributed by atoms with van der Waals surface area (Å²) in [5.74, 6) is -0.311. The fraction of sp³-hybridized carbons (Fsp3) is 0.250. The Morgan fingerprint density at radius 2 is 2.09 bits per heavy atom. The highest BCUT2D eigenvalue weighted by Crippen LogP contribution is 2.38. The lowest BCUT2D eigenvalue weighted by molar-refractivity contribution is -0.00590. The fourth-order valence-electron chi connectivity index (χ4n) is 4.58. The molecular weight excluding hydrogens is 440 g/mol. The molecule has 2 atom stereocenters. The standard InChI is InChI=1S/C28H28N4O3/c1-19-13-14-29-22(16-19)11-9-20-6-5-15-35-27(20)32(23-12-10-21-18-30-31-25(21)17-23)26-8-4-3-7-24(26)28(33)34-2/h3-4,7-14,16-18,20,27H,5-6,15H2,1-2H3,(H,30,31). The topological polar surface area (TPSA) is 80.3 Å². The number of aromatic amines is 1. The predicted octanol–water partition coefficient (Wildman–Crippen LogP) is 5.66. The number of esters is 1. The molecule has 1 fully saturated rings. The highest BCUT2D eigenvalue weighted by atomic mass is 16.5. The predicted molar refractivity (Wildman–Crippen MR) is 136 cm³/mol. The van der Waals surface area contributed by atoms with Gasteiger partial charge < -0.3 is 14.4 Å². The van der Waals surface area contributed by atoms with Gasteiger partial charge in [-0.25, -0.2) is 4.79 Å². The van der Waals surface area contributed by atoms with Crippen molar-refractivity contribution < 1.29 is 14.3 Å².